The molecule has 1 fully saturated rings. The number of aromatic nitrogens is 1. The zero-order valence-electron chi connectivity index (χ0n) is 25.6. The number of amides is 1. The van der Waals surface area contributed by atoms with Gasteiger partial charge in [0.25, 0.3) is 17.6 Å². The van der Waals surface area contributed by atoms with Crippen LogP contribution >= 0.6 is 11.8 Å². The maximum atomic E-state index is 15.5. The van der Waals surface area contributed by atoms with Crippen molar-refractivity contribution < 1.29 is 33.4 Å². The number of anilines is 1. The Balaban J connectivity index is 1.48. The van der Waals surface area contributed by atoms with Gasteiger partial charge in [-0.15, -0.1) is 6.58 Å². The number of carbonyl (C=O) groups excluding carboxylic acids is 5. The van der Waals surface area contributed by atoms with Crippen molar-refractivity contribution in [2.45, 2.75) is 27.8 Å². The van der Waals surface area contributed by atoms with Crippen LogP contribution in [0.15, 0.2) is 90.5 Å². The summed E-state index contributed by atoms with van der Waals surface area (Å²) >= 11 is 1.07. The molecule has 1 amide bonds. The predicted octanol–water partition coefficient (Wildman–Crippen LogP) is 4.31. The van der Waals surface area contributed by atoms with Gasteiger partial charge in [0.1, 0.15) is 16.2 Å². The quantitative estimate of drug-likeness (QED) is 0.135. The number of methoxy groups -OCH3 is 2. The maximum absolute atomic E-state index is 15.5. The molecule has 1 saturated heterocycles. The molecule has 8 rings (SSSR count). The predicted molar refractivity (Wildman–Crippen MR) is 173 cm³/mol. The van der Waals surface area contributed by atoms with E-state index in [9.17, 15) is 14.4 Å². The molecule has 4 atom stereocenters. The van der Waals surface area contributed by atoms with Crippen molar-refractivity contribution in [3.63, 3.8) is 0 Å². The summed E-state index contributed by atoms with van der Waals surface area (Å²) in [7, 11) is 2.38. The average Bonchev–Trinajstić information content (AvgIpc) is 3.75. The van der Waals surface area contributed by atoms with Crippen LogP contribution in [0.3, 0.4) is 0 Å². The highest BCUT2D eigenvalue weighted by Crippen LogP contribution is 2.71. The highest BCUT2D eigenvalue weighted by atomic mass is 32.2. The van der Waals surface area contributed by atoms with Gasteiger partial charge in [0.2, 0.25) is 0 Å². The molecule has 4 aliphatic rings. The van der Waals surface area contributed by atoms with Crippen LogP contribution in [-0.4, -0.2) is 71.1 Å². The van der Waals surface area contributed by atoms with Crippen LogP contribution in [0.1, 0.15) is 37.9 Å². The number of hydrogen-bond acceptors (Lipinski definition) is 9. The lowest BCUT2D eigenvalue weighted by atomic mass is 9.73. The number of ether oxygens (including phenoxy) is 2. The van der Waals surface area contributed by atoms with Crippen molar-refractivity contribution in [1.82, 2.24) is 9.47 Å². The summed E-state index contributed by atoms with van der Waals surface area (Å²) in [5, 5.41) is 0.638. The number of esters is 2. The highest BCUT2D eigenvalue weighted by Gasteiger charge is 2.81. The Bertz CT molecular complexity index is 2100. The van der Waals surface area contributed by atoms with Crippen LogP contribution in [0, 0.1) is 5.92 Å². The van der Waals surface area contributed by atoms with E-state index < -0.39 is 45.9 Å². The Morgan fingerprint density at radius 3 is 2.45 bits per heavy atom. The molecule has 0 radical (unpaired) electrons. The minimum atomic E-state index is -1.68. The summed E-state index contributed by atoms with van der Waals surface area (Å²) in [6.07, 6.45) is 2.21. The molecule has 1 unspecified atom stereocenters. The van der Waals surface area contributed by atoms with E-state index in [-0.39, 0.29) is 23.0 Å². The Hall–Kier alpha value is -5.00. The molecule has 4 aromatic rings. The van der Waals surface area contributed by atoms with E-state index in [1.807, 2.05) is 53.4 Å². The number of rotatable bonds is 5. The van der Waals surface area contributed by atoms with Crippen molar-refractivity contribution >= 4 is 57.9 Å². The molecular weight excluding hydrogens is 618 g/mol. The van der Waals surface area contributed by atoms with Gasteiger partial charge in [-0.2, -0.15) is 0 Å². The molecular formula is C36H29N3O7S. The number of carbonyl (C=O) groups is 5. The second-order valence-electron chi connectivity index (χ2n) is 12.0. The van der Waals surface area contributed by atoms with E-state index in [0.29, 0.717) is 35.1 Å². The molecule has 236 valence electrons. The van der Waals surface area contributed by atoms with Gasteiger partial charge in [-0.1, -0.05) is 78.5 Å². The average molecular weight is 648 g/mol. The first-order valence-corrected chi connectivity index (χ1v) is 16.0. The second kappa shape index (κ2) is 10.2. The van der Waals surface area contributed by atoms with Crippen LogP contribution in [0.5, 0.6) is 0 Å². The molecule has 0 aliphatic carbocycles. The van der Waals surface area contributed by atoms with Crippen LogP contribution in [0.25, 0.3) is 10.9 Å². The monoisotopic (exact) mass is 647 g/mol. The number of fused-ring (bicyclic) bond motifs is 10. The minimum Gasteiger partial charge on any atom is -0.469 e. The first-order chi connectivity index (χ1) is 22.8. The van der Waals surface area contributed by atoms with Crippen LogP contribution in [0.2, 0.25) is 0 Å². The van der Waals surface area contributed by atoms with Crippen molar-refractivity contribution in [1.29, 1.82) is 0 Å². The largest absolute Gasteiger partial charge is 0.469 e. The van der Waals surface area contributed by atoms with Gasteiger partial charge in [-0.25, -0.2) is 4.79 Å². The fraction of sp³-hybridized carbons (Fsp3) is 0.250. The first-order valence-electron chi connectivity index (χ1n) is 15.2. The number of thioether (sulfide) groups is 1. The van der Waals surface area contributed by atoms with E-state index in [1.54, 1.807) is 35.2 Å². The Morgan fingerprint density at radius 1 is 0.957 bits per heavy atom. The van der Waals surface area contributed by atoms with Crippen LogP contribution in [-0.2, 0) is 35.8 Å². The first kappa shape index (κ1) is 29.4. The van der Waals surface area contributed by atoms with Crippen molar-refractivity contribution in [2.75, 3.05) is 32.2 Å². The van der Waals surface area contributed by atoms with E-state index in [2.05, 4.69) is 6.58 Å². The van der Waals surface area contributed by atoms with Crippen molar-refractivity contribution in [2.24, 2.45) is 5.92 Å². The zero-order valence-corrected chi connectivity index (χ0v) is 26.4. The van der Waals surface area contributed by atoms with E-state index >= 15 is 9.59 Å². The fourth-order valence-corrected chi connectivity index (χ4v) is 10.3. The highest BCUT2D eigenvalue weighted by molar-refractivity contribution is 8.02. The number of para-hydroxylation sites is 2. The third-order valence-electron chi connectivity index (χ3n) is 10.1. The Labute approximate surface area is 273 Å². The molecule has 11 heteroatoms. The van der Waals surface area contributed by atoms with E-state index in [4.69, 9.17) is 9.47 Å². The van der Waals surface area contributed by atoms with Gasteiger partial charge < -0.3 is 14.4 Å². The lowest BCUT2D eigenvalue weighted by molar-refractivity contribution is -0.153. The molecule has 5 heterocycles. The van der Waals surface area contributed by atoms with Crippen molar-refractivity contribution in [3.05, 3.63) is 108 Å². The second-order valence-corrected chi connectivity index (χ2v) is 13.3. The summed E-state index contributed by atoms with van der Waals surface area (Å²) < 4.78 is 10.1. The fourth-order valence-electron chi connectivity index (χ4n) is 8.50. The lowest BCUT2D eigenvalue weighted by Crippen LogP contribution is -2.57. The van der Waals surface area contributed by atoms with Gasteiger partial charge in [0.15, 0.2) is 0 Å². The number of hydrogen-bond donors (Lipinski definition) is 0. The van der Waals surface area contributed by atoms with Crippen molar-refractivity contribution in [3.8, 4) is 0 Å². The zero-order chi connectivity index (χ0) is 32.8. The number of benzene rings is 3. The third kappa shape index (κ3) is 3.42. The minimum absolute atomic E-state index is 0.0225. The lowest BCUT2D eigenvalue weighted by Gasteiger charge is -2.42. The Morgan fingerprint density at radius 2 is 1.68 bits per heavy atom. The molecule has 0 bridgehead atoms. The molecule has 1 aromatic heterocycles. The molecule has 0 N–H and O–H groups in total. The molecule has 3 aromatic carbocycles. The van der Waals surface area contributed by atoms with Gasteiger partial charge in [-0.05, 0) is 29.7 Å². The van der Waals surface area contributed by atoms with Crippen LogP contribution < -0.4 is 4.90 Å². The number of nitrogens with zero attached hydrogens (tertiary/aromatic N) is 3. The summed E-state index contributed by atoms with van der Waals surface area (Å²) in [4.78, 5) is 75.2. The summed E-state index contributed by atoms with van der Waals surface area (Å²) in [5.74, 6) is -4.87. The summed E-state index contributed by atoms with van der Waals surface area (Å²) in [6, 6.07) is 21.2. The van der Waals surface area contributed by atoms with Gasteiger partial charge in [0.05, 0.1) is 36.4 Å². The molecule has 47 heavy (non-hydrogen) atoms. The summed E-state index contributed by atoms with van der Waals surface area (Å²) in [6.45, 7) is 4.44. The summed E-state index contributed by atoms with van der Waals surface area (Å²) in [5.41, 5.74) is 1.85. The molecule has 4 aliphatic heterocycles. The van der Waals surface area contributed by atoms with Crippen LogP contribution in [0.4, 0.5) is 5.69 Å². The molecule has 2 spiro atoms. The topological polar surface area (TPSA) is 115 Å². The number of Topliss-reactive ketones (excluding diaryl/α,β-unsaturated/α-hetero) is 1. The standard InChI is InChI=1S/C36H29N3O7S/c1-4-18-37-25-16-10-8-14-23(25)35(33(37)43)28(32(42)46-3)36(29-21-12-6-5-11-20(21)17-19-38(29)35)34(44)39-24-15-9-7-13-22(24)26(30(39)47-36)27(40)31(41)45-2/h4-16,28-29H,1,17-19H2,2-3H3/t28-,29?,35+,36-/m0/s1. The van der Waals surface area contributed by atoms with Gasteiger partial charge in [-0.3, -0.25) is 28.6 Å². The normalized spacial score (nSPS) is 25.5. The molecule has 0 saturated carbocycles. The molecule has 10 nitrogen and oxygen atoms in total. The maximum Gasteiger partial charge on any atom is 0.379 e. The van der Waals surface area contributed by atoms with E-state index in [1.165, 1.54) is 11.7 Å². The smallest absolute Gasteiger partial charge is 0.379 e. The third-order valence-corrected chi connectivity index (χ3v) is 11.7. The van der Waals surface area contributed by atoms with E-state index in [0.717, 1.165) is 30.0 Å². The number of ketones is 1. The van der Waals surface area contributed by atoms with Gasteiger partial charge >= 0.3 is 11.9 Å². The van der Waals surface area contributed by atoms with Gasteiger partial charge in [0, 0.05) is 29.7 Å². The SMILES string of the molecule is C=CCN1C(=O)[C@@]2(c3ccccc31)[C@H](C(=O)OC)[C@]1(Sc3c(C(=O)C(=O)OC)c4ccccc4n3C1=O)C1c3ccccc3CCN12. The Kier molecular flexibility index (Phi) is 6.41.